The molecule has 1 saturated heterocycles. The van der Waals surface area contributed by atoms with Crippen LogP contribution in [0.15, 0.2) is 0 Å². The summed E-state index contributed by atoms with van der Waals surface area (Å²) in [6.45, 7) is 7.96. The molecule has 0 N–H and O–H groups in total. The van der Waals surface area contributed by atoms with Gasteiger partial charge >= 0.3 is 0 Å². The monoisotopic (exact) mass is 188 g/mol. The lowest BCUT2D eigenvalue weighted by molar-refractivity contribution is 0.0233. The maximum atomic E-state index is 11.8. The van der Waals surface area contributed by atoms with Gasteiger partial charge in [0.15, 0.2) is 0 Å². The van der Waals surface area contributed by atoms with Crippen molar-refractivity contribution in [2.45, 2.75) is 56.9 Å². The summed E-state index contributed by atoms with van der Waals surface area (Å²) in [5.41, 5.74) is -0.512. The van der Waals surface area contributed by atoms with Crippen LogP contribution in [-0.4, -0.2) is 21.4 Å². The number of thiol groups is 1. The van der Waals surface area contributed by atoms with Crippen molar-refractivity contribution in [3.05, 3.63) is 5.21 Å². The van der Waals surface area contributed by atoms with Gasteiger partial charge in [0.25, 0.3) is 0 Å². The Labute approximate surface area is 80.3 Å². The summed E-state index contributed by atoms with van der Waals surface area (Å²) < 4.78 is 0. The third-order valence-electron chi connectivity index (χ3n) is 2.57. The van der Waals surface area contributed by atoms with E-state index in [0.717, 1.165) is 12.8 Å². The molecular formula is C9H18NOS-. The van der Waals surface area contributed by atoms with Crippen molar-refractivity contribution in [3.8, 4) is 0 Å². The van der Waals surface area contributed by atoms with Gasteiger partial charge in [-0.3, -0.25) is 0 Å². The van der Waals surface area contributed by atoms with Crippen molar-refractivity contribution in [2.24, 2.45) is 0 Å². The molecule has 1 heterocycles. The van der Waals surface area contributed by atoms with Crippen molar-refractivity contribution in [2.75, 3.05) is 0 Å². The molecule has 72 valence electrons. The van der Waals surface area contributed by atoms with Crippen LogP contribution in [0.2, 0.25) is 0 Å². The average molecular weight is 188 g/mol. The molecule has 2 nitrogen and oxygen atoms in total. The quantitative estimate of drug-likeness (QED) is 0.591. The third-order valence-corrected chi connectivity index (χ3v) is 2.94. The predicted molar refractivity (Wildman–Crippen MR) is 55.4 cm³/mol. The molecule has 0 atom stereocenters. The lowest BCUT2D eigenvalue weighted by Crippen LogP contribution is -2.58. The second-order valence-electron chi connectivity index (χ2n) is 4.98. The van der Waals surface area contributed by atoms with E-state index >= 15 is 0 Å². The van der Waals surface area contributed by atoms with E-state index in [1.54, 1.807) is 0 Å². The van der Waals surface area contributed by atoms with E-state index in [4.69, 9.17) is 0 Å². The molecule has 0 radical (unpaired) electrons. The molecule has 3 heteroatoms. The molecular weight excluding hydrogens is 170 g/mol. The molecule has 1 aliphatic heterocycles. The zero-order valence-electron chi connectivity index (χ0n) is 8.29. The molecule has 0 aromatic carbocycles. The molecule has 0 aliphatic carbocycles. The first-order valence-electron chi connectivity index (χ1n) is 4.41. The molecule has 12 heavy (non-hydrogen) atoms. The van der Waals surface area contributed by atoms with E-state index in [9.17, 15) is 5.21 Å². The number of hydroxylamine groups is 2. The van der Waals surface area contributed by atoms with E-state index in [2.05, 4.69) is 12.6 Å². The summed E-state index contributed by atoms with van der Waals surface area (Å²) in [4.78, 5) is 0. The highest BCUT2D eigenvalue weighted by atomic mass is 32.1. The first-order valence-corrected chi connectivity index (χ1v) is 4.93. The van der Waals surface area contributed by atoms with Gasteiger partial charge in [0.2, 0.25) is 0 Å². The molecule has 0 amide bonds. The highest BCUT2D eigenvalue weighted by Gasteiger charge is 2.38. The second-order valence-corrected chi connectivity index (χ2v) is 5.71. The zero-order chi connectivity index (χ0) is 9.57. The summed E-state index contributed by atoms with van der Waals surface area (Å²) in [6, 6.07) is 0. The van der Waals surface area contributed by atoms with Crippen LogP contribution in [-0.2, 0) is 0 Å². The molecule has 0 unspecified atom stereocenters. The highest BCUT2D eigenvalue weighted by Crippen LogP contribution is 2.39. The molecule has 0 saturated carbocycles. The Hall–Kier alpha value is 0.270. The van der Waals surface area contributed by atoms with Gasteiger partial charge in [-0.05, 0) is 40.5 Å². The van der Waals surface area contributed by atoms with Gasteiger partial charge < -0.3 is 10.3 Å². The summed E-state index contributed by atoms with van der Waals surface area (Å²) in [5.74, 6) is 0. The van der Waals surface area contributed by atoms with E-state index in [0.29, 0.717) is 5.25 Å². The summed E-state index contributed by atoms with van der Waals surface area (Å²) in [7, 11) is 0. The van der Waals surface area contributed by atoms with Gasteiger partial charge in [0, 0.05) is 16.3 Å². The van der Waals surface area contributed by atoms with Crippen LogP contribution in [0.3, 0.4) is 0 Å². The van der Waals surface area contributed by atoms with Gasteiger partial charge in [0.05, 0.1) is 0 Å². The Bertz CT molecular complexity index is 161. The Morgan fingerprint density at radius 3 is 1.83 bits per heavy atom. The van der Waals surface area contributed by atoms with Crippen LogP contribution in [0.1, 0.15) is 40.5 Å². The normalized spacial score (nSPS) is 30.5. The molecule has 1 rings (SSSR count). The largest absolute Gasteiger partial charge is 0.784 e. The summed E-state index contributed by atoms with van der Waals surface area (Å²) in [5, 5.41) is 13.4. The van der Waals surface area contributed by atoms with E-state index in [1.807, 2.05) is 27.7 Å². The topological polar surface area (TPSA) is 26.3 Å². The van der Waals surface area contributed by atoms with E-state index < -0.39 is 0 Å². The van der Waals surface area contributed by atoms with Crippen LogP contribution >= 0.6 is 12.6 Å². The van der Waals surface area contributed by atoms with Crippen molar-refractivity contribution in [1.82, 2.24) is 5.06 Å². The fraction of sp³-hybridized carbons (Fsp3) is 1.00. The summed E-state index contributed by atoms with van der Waals surface area (Å²) >= 11 is 4.46. The van der Waals surface area contributed by atoms with Crippen LogP contribution < -0.4 is 0 Å². The minimum atomic E-state index is -0.256. The standard InChI is InChI=1S/C9H18NOS/c1-8(2)5-7(12)6-9(3,4)10(8)11/h7,12H,5-6H2,1-4H3/q-1. The second kappa shape index (κ2) is 2.89. The van der Waals surface area contributed by atoms with Crippen LogP contribution in [0.5, 0.6) is 0 Å². The van der Waals surface area contributed by atoms with Gasteiger partial charge in [-0.2, -0.15) is 12.6 Å². The Balaban J connectivity index is 2.84. The lowest BCUT2D eigenvalue weighted by Gasteiger charge is -2.59. The van der Waals surface area contributed by atoms with Crippen LogP contribution in [0.4, 0.5) is 0 Å². The van der Waals surface area contributed by atoms with Gasteiger partial charge in [0.1, 0.15) is 0 Å². The minimum Gasteiger partial charge on any atom is -0.784 e. The fourth-order valence-electron chi connectivity index (χ4n) is 2.21. The predicted octanol–water partition coefficient (Wildman–Crippen LogP) is 2.44. The summed E-state index contributed by atoms with van der Waals surface area (Å²) in [6.07, 6.45) is 1.76. The number of piperidine rings is 1. The minimum absolute atomic E-state index is 0.256. The number of hydrogen-bond acceptors (Lipinski definition) is 3. The average Bonchev–Trinajstić information content (AvgIpc) is 1.80. The van der Waals surface area contributed by atoms with Crippen molar-refractivity contribution < 1.29 is 0 Å². The molecule has 1 aliphatic rings. The first-order chi connectivity index (χ1) is 5.26. The van der Waals surface area contributed by atoms with Crippen LogP contribution in [0.25, 0.3) is 0 Å². The maximum Gasteiger partial charge on any atom is 0.00509 e. The fourth-order valence-corrected chi connectivity index (χ4v) is 3.10. The number of hydrogen-bond donors (Lipinski definition) is 1. The Morgan fingerprint density at radius 1 is 1.17 bits per heavy atom. The van der Waals surface area contributed by atoms with Crippen LogP contribution in [0, 0.1) is 5.21 Å². The first kappa shape index (κ1) is 10.4. The molecule has 0 spiro atoms. The molecule has 0 bridgehead atoms. The number of rotatable bonds is 0. The molecule has 1 fully saturated rings. The van der Waals surface area contributed by atoms with Gasteiger partial charge in [-0.25, -0.2) is 0 Å². The smallest absolute Gasteiger partial charge is 0.00509 e. The highest BCUT2D eigenvalue weighted by molar-refractivity contribution is 7.80. The van der Waals surface area contributed by atoms with E-state index in [1.165, 1.54) is 5.06 Å². The molecule has 0 aromatic rings. The van der Waals surface area contributed by atoms with Crippen molar-refractivity contribution >= 4 is 12.6 Å². The van der Waals surface area contributed by atoms with Crippen molar-refractivity contribution in [3.63, 3.8) is 0 Å². The van der Waals surface area contributed by atoms with Gasteiger partial charge in [-0.1, -0.05) is 0 Å². The Kier molecular flexibility index (Phi) is 2.50. The number of nitrogens with zero attached hydrogens (tertiary/aromatic N) is 1. The zero-order valence-corrected chi connectivity index (χ0v) is 9.19. The third kappa shape index (κ3) is 1.78. The molecule has 0 aromatic heterocycles. The lowest BCUT2D eigenvalue weighted by atomic mass is 9.82. The van der Waals surface area contributed by atoms with E-state index in [-0.39, 0.29) is 11.1 Å². The SMILES string of the molecule is CC1(C)CC(S)CC(C)(C)N1[O-]. The van der Waals surface area contributed by atoms with Crippen molar-refractivity contribution in [1.29, 1.82) is 0 Å². The van der Waals surface area contributed by atoms with Gasteiger partial charge in [-0.15, -0.1) is 0 Å². The maximum absolute atomic E-state index is 11.8. The Morgan fingerprint density at radius 2 is 1.50 bits per heavy atom.